The van der Waals surface area contributed by atoms with E-state index in [1.54, 1.807) is 0 Å². The van der Waals surface area contributed by atoms with E-state index in [0.29, 0.717) is 0 Å². The predicted octanol–water partition coefficient (Wildman–Crippen LogP) is 3.11. The molecule has 92 valence electrons. The molecule has 0 heterocycles. The van der Waals surface area contributed by atoms with Gasteiger partial charge in [-0.3, -0.25) is 0 Å². The summed E-state index contributed by atoms with van der Waals surface area (Å²) in [6, 6.07) is 0. The standard InChI is InChI=1S/C13H28O2/c1-4-6-7-8-9-10-12(14)13(15)11(3)5-2/h11-15H,4-10H2,1-3H3. The summed E-state index contributed by atoms with van der Waals surface area (Å²) < 4.78 is 0. The molecule has 2 N–H and O–H groups in total. The van der Waals surface area contributed by atoms with Gasteiger partial charge in [0, 0.05) is 0 Å². The van der Waals surface area contributed by atoms with Gasteiger partial charge in [0.1, 0.15) is 0 Å². The fourth-order valence-corrected chi connectivity index (χ4v) is 1.75. The molecule has 2 heteroatoms. The second-order valence-electron chi connectivity index (χ2n) is 4.65. The Hall–Kier alpha value is -0.0800. The van der Waals surface area contributed by atoms with Crippen molar-refractivity contribution in [3.8, 4) is 0 Å². The molecule has 3 atom stereocenters. The summed E-state index contributed by atoms with van der Waals surface area (Å²) in [7, 11) is 0. The van der Waals surface area contributed by atoms with Crippen LogP contribution in [-0.2, 0) is 0 Å². The van der Waals surface area contributed by atoms with Crippen molar-refractivity contribution < 1.29 is 10.2 Å². The first-order valence-corrected chi connectivity index (χ1v) is 6.49. The van der Waals surface area contributed by atoms with E-state index in [-0.39, 0.29) is 5.92 Å². The normalized spacial score (nSPS) is 17.4. The first-order valence-electron chi connectivity index (χ1n) is 6.49. The first-order chi connectivity index (χ1) is 7.13. The van der Waals surface area contributed by atoms with E-state index in [9.17, 15) is 10.2 Å². The maximum absolute atomic E-state index is 9.74. The van der Waals surface area contributed by atoms with Crippen molar-refractivity contribution in [2.75, 3.05) is 0 Å². The van der Waals surface area contributed by atoms with Crippen LogP contribution in [0.25, 0.3) is 0 Å². The number of hydrogen-bond donors (Lipinski definition) is 2. The lowest BCUT2D eigenvalue weighted by atomic mass is 9.94. The lowest BCUT2D eigenvalue weighted by molar-refractivity contribution is -0.0185. The van der Waals surface area contributed by atoms with Gasteiger partial charge in [0.05, 0.1) is 12.2 Å². The highest BCUT2D eigenvalue weighted by Gasteiger charge is 2.20. The Morgan fingerprint density at radius 1 is 0.933 bits per heavy atom. The summed E-state index contributed by atoms with van der Waals surface area (Å²) >= 11 is 0. The summed E-state index contributed by atoms with van der Waals surface area (Å²) in [5, 5.41) is 19.5. The minimum atomic E-state index is -0.541. The molecule has 2 nitrogen and oxygen atoms in total. The van der Waals surface area contributed by atoms with Gasteiger partial charge in [0.15, 0.2) is 0 Å². The molecule has 0 amide bonds. The van der Waals surface area contributed by atoms with Gasteiger partial charge >= 0.3 is 0 Å². The van der Waals surface area contributed by atoms with Gasteiger partial charge < -0.3 is 10.2 Å². The molecule has 0 saturated heterocycles. The van der Waals surface area contributed by atoms with Crippen molar-refractivity contribution in [1.29, 1.82) is 0 Å². The molecule has 0 aliphatic carbocycles. The van der Waals surface area contributed by atoms with Crippen LogP contribution in [0.5, 0.6) is 0 Å². The highest BCUT2D eigenvalue weighted by molar-refractivity contribution is 4.72. The van der Waals surface area contributed by atoms with Crippen molar-refractivity contribution in [3.63, 3.8) is 0 Å². The zero-order valence-corrected chi connectivity index (χ0v) is 10.6. The maximum atomic E-state index is 9.74. The van der Waals surface area contributed by atoms with Crippen molar-refractivity contribution in [1.82, 2.24) is 0 Å². The largest absolute Gasteiger partial charge is 0.390 e. The average molecular weight is 216 g/mol. The second kappa shape index (κ2) is 9.17. The zero-order chi connectivity index (χ0) is 11.7. The average Bonchev–Trinajstić information content (AvgIpc) is 2.26. The number of aliphatic hydroxyl groups excluding tert-OH is 2. The van der Waals surface area contributed by atoms with Crippen molar-refractivity contribution in [2.45, 2.75) is 77.9 Å². The van der Waals surface area contributed by atoms with Crippen LogP contribution in [0.3, 0.4) is 0 Å². The molecule has 0 bridgehead atoms. The first kappa shape index (κ1) is 14.9. The van der Waals surface area contributed by atoms with E-state index in [4.69, 9.17) is 0 Å². The molecule has 3 unspecified atom stereocenters. The monoisotopic (exact) mass is 216 g/mol. The molecule has 0 aromatic rings. The predicted molar refractivity (Wildman–Crippen MR) is 64.8 cm³/mol. The molecule has 0 aromatic heterocycles. The van der Waals surface area contributed by atoms with E-state index >= 15 is 0 Å². The highest BCUT2D eigenvalue weighted by atomic mass is 16.3. The van der Waals surface area contributed by atoms with Gasteiger partial charge in [-0.25, -0.2) is 0 Å². The number of aliphatic hydroxyl groups is 2. The quantitative estimate of drug-likeness (QED) is 0.581. The highest BCUT2D eigenvalue weighted by Crippen LogP contribution is 2.16. The van der Waals surface area contributed by atoms with Crippen LogP contribution in [0.4, 0.5) is 0 Å². The van der Waals surface area contributed by atoms with E-state index in [2.05, 4.69) is 6.92 Å². The molecule has 15 heavy (non-hydrogen) atoms. The molecular weight excluding hydrogens is 188 g/mol. The Labute approximate surface area is 94.7 Å². The van der Waals surface area contributed by atoms with Crippen LogP contribution in [-0.4, -0.2) is 22.4 Å². The second-order valence-corrected chi connectivity index (χ2v) is 4.65. The molecule has 0 aromatic carbocycles. The SMILES string of the molecule is CCCCCCCC(O)C(O)C(C)CC. The van der Waals surface area contributed by atoms with Crippen LogP contribution in [0.1, 0.15) is 65.7 Å². The maximum Gasteiger partial charge on any atom is 0.0824 e. The molecule has 0 saturated carbocycles. The lowest BCUT2D eigenvalue weighted by Crippen LogP contribution is -2.31. The zero-order valence-electron chi connectivity index (χ0n) is 10.6. The lowest BCUT2D eigenvalue weighted by Gasteiger charge is -2.22. The third-order valence-electron chi connectivity index (χ3n) is 3.22. The smallest absolute Gasteiger partial charge is 0.0824 e. The molecule has 0 fully saturated rings. The molecule has 0 rings (SSSR count). The third-order valence-corrected chi connectivity index (χ3v) is 3.22. The molecule has 0 aliphatic heterocycles. The molecule has 0 spiro atoms. The fraction of sp³-hybridized carbons (Fsp3) is 1.00. The van der Waals surface area contributed by atoms with E-state index in [1.807, 2.05) is 13.8 Å². The van der Waals surface area contributed by atoms with Crippen LogP contribution < -0.4 is 0 Å². The van der Waals surface area contributed by atoms with Gasteiger partial charge in [0.25, 0.3) is 0 Å². The summed E-state index contributed by atoms with van der Waals surface area (Å²) in [4.78, 5) is 0. The van der Waals surface area contributed by atoms with Crippen LogP contribution in [0.2, 0.25) is 0 Å². The Morgan fingerprint density at radius 3 is 2.07 bits per heavy atom. The van der Waals surface area contributed by atoms with Crippen molar-refractivity contribution in [2.24, 2.45) is 5.92 Å². The molecular formula is C13H28O2. The Balaban J connectivity index is 3.50. The van der Waals surface area contributed by atoms with Crippen LogP contribution >= 0.6 is 0 Å². The van der Waals surface area contributed by atoms with E-state index < -0.39 is 12.2 Å². The van der Waals surface area contributed by atoms with Crippen LogP contribution in [0.15, 0.2) is 0 Å². The summed E-state index contributed by atoms with van der Waals surface area (Å²) in [6.07, 6.45) is 6.60. The number of unbranched alkanes of at least 4 members (excludes halogenated alkanes) is 4. The van der Waals surface area contributed by atoms with Gasteiger partial charge in [-0.15, -0.1) is 0 Å². The molecule has 0 aliphatic rings. The minimum Gasteiger partial charge on any atom is -0.390 e. The number of hydrogen-bond acceptors (Lipinski definition) is 2. The van der Waals surface area contributed by atoms with E-state index in [1.165, 1.54) is 25.7 Å². The summed E-state index contributed by atoms with van der Waals surface area (Å²) in [5.74, 6) is 0.204. The Bertz CT molecular complexity index is 136. The molecule has 0 radical (unpaired) electrons. The topological polar surface area (TPSA) is 40.5 Å². The Kier molecular flexibility index (Phi) is 9.12. The number of rotatable bonds is 9. The van der Waals surface area contributed by atoms with Gasteiger partial charge in [-0.2, -0.15) is 0 Å². The van der Waals surface area contributed by atoms with Crippen LogP contribution in [0, 0.1) is 5.92 Å². The van der Waals surface area contributed by atoms with Gasteiger partial charge in [-0.05, 0) is 12.3 Å². The van der Waals surface area contributed by atoms with E-state index in [0.717, 1.165) is 19.3 Å². The van der Waals surface area contributed by atoms with Crippen molar-refractivity contribution >= 4 is 0 Å². The summed E-state index contributed by atoms with van der Waals surface area (Å²) in [5.41, 5.74) is 0. The summed E-state index contributed by atoms with van der Waals surface area (Å²) in [6.45, 7) is 6.23. The Morgan fingerprint density at radius 2 is 1.53 bits per heavy atom. The fourth-order valence-electron chi connectivity index (χ4n) is 1.75. The van der Waals surface area contributed by atoms with Crippen molar-refractivity contribution in [3.05, 3.63) is 0 Å². The van der Waals surface area contributed by atoms with Gasteiger partial charge in [0.2, 0.25) is 0 Å². The van der Waals surface area contributed by atoms with Gasteiger partial charge in [-0.1, -0.05) is 59.3 Å². The minimum absolute atomic E-state index is 0.204. The third kappa shape index (κ3) is 6.91.